The average molecular weight is 202 g/mol. The Morgan fingerprint density at radius 3 is 1.80 bits per heavy atom. The Morgan fingerprint density at radius 1 is 1.07 bits per heavy atom. The second-order valence-electron chi connectivity index (χ2n) is 4.94. The smallest absolute Gasteiger partial charge is 0.168 e. The van der Waals surface area contributed by atoms with Crippen molar-refractivity contribution in [3.05, 3.63) is 42.0 Å². The van der Waals surface area contributed by atoms with Gasteiger partial charge in [0.25, 0.3) is 0 Å². The molecule has 0 bridgehead atoms. The van der Waals surface area contributed by atoms with Gasteiger partial charge in [0.2, 0.25) is 0 Å². The number of hydrogen-bond donors (Lipinski definition) is 0. The van der Waals surface area contributed by atoms with Crippen molar-refractivity contribution < 1.29 is 4.79 Å². The van der Waals surface area contributed by atoms with Crippen LogP contribution >= 0.6 is 0 Å². The Labute approximate surface area is 91.8 Å². The summed E-state index contributed by atoms with van der Waals surface area (Å²) < 4.78 is 0. The zero-order valence-corrected chi connectivity index (χ0v) is 9.92. The SMILES string of the molecule is C=C(C)c1ccc(C(=O)C(C)(C)C)cc1. The number of rotatable bonds is 2. The van der Waals surface area contributed by atoms with Crippen LogP contribution in [0, 0.1) is 5.41 Å². The lowest BCUT2D eigenvalue weighted by Crippen LogP contribution is -2.19. The monoisotopic (exact) mass is 202 g/mol. The van der Waals surface area contributed by atoms with E-state index in [0.29, 0.717) is 0 Å². The van der Waals surface area contributed by atoms with E-state index < -0.39 is 0 Å². The third-order valence-corrected chi connectivity index (χ3v) is 2.32. The Kier molecular flexibility index (Phi) is 3.13. The number of allylic oxidation sites excluding steroid dienone is 1. The van der Waals surface area contributed by atoms with Crippen LogP contribution in [0.25, 0.3) is 5.57 Å². The Bertz CT molecular complexity index is 377. The molecule has 15 heavy (non-hydrogen) atoms. The molecule has 1 rings (SSSR count). The van der Waals surface area contributed by atoms with E-state index in [4.69, 9.17) is 0 Å². The molecule has 0 N–H and O–H groups in total. The third kappa shape index (κ3) is 2.79. The van der Waals surface area contributed by atoms with E-state index >= 15 is 0 Å². The molecule has 0 spiro atoms. The van der Waals surface area contributed by atoms with Crippen molar-refractivity contribution in [3.8, 4) is 0 Å². The van der Waals surface area contributed by atoms with Crippen LogP contribution in [0.5, 0.6) is 0 Å². The fourth-order valence-electron chi connectivity index (χ4n) is 1.34. The van der Waals surface area contributed by atoms with E-state index in [1.54, 1.807) is 0 Å². The van der Waals surface area contributed by atoms with Gasteiger partial charge in [0, 0.05) is 11.0 Å². The van der Waals surface area contributed by atoms with Gasteiger partial charge in [0.1, 0.15) is 0 Å². The van der Waals surface area contributed by atoms with Crippen LogP contribution in [-0.2, 0) is 0 Å². The molecule has 0 aromatic heterocycles. The Hall–Kier alpha value is -1.37. The minimum atomic E-state index is -0.315. The van der Waals surface area contributed by atoms with Gasteiger partial charge in [0.15, 0.2) is 5.78 Å². The van der Waals surface area contributed by atoms with Gasteiger partial charge in [-0.25, -0.2) is 0 Å². The fourth-order valence-corrected chi connectivity index (χ4v) is 1.34. The number of Topliss-reactive ketones (excluding diaryl/α,β-unsaturated/α-hetero) is 1. The predicted molar refractivity (Wildman–Crippen MR) is 64.9 cm³/mol. The van der Waals surface area contributed by atoms with Crippen LogP contribution in [0.15, 0.2) is 30.8 Å². The van der Waals surface area contributed by atoms with Gasteiger partial charge in [-0.2, -0.15) is 0 Å². The Morgan fingerprint density at radius 2 is 1.47 bits per heavy atom. The minimum absolute atomic E-state index is 0.177. The highest BCUT2D eigenvalue weighted by atomic mass is 16.1. The standard InChI is InChI=1S/C14H18O/c1-10(2)11-6-8-12(9-7-11)13(15)14(3,4)5/h6-9H,1H2,2-5H3. The highest BCUT2D eigenvalue weighted by Crippen LogP contribution is 2.22. The maximum absolute atomic E-state index is 11.9. The zero-order valence-electron chi connectivity index (χ0n) is 9.92. The summed E-state index contributed by atoms with van der Waals surface area (Å²) in [6, 6.07) is 7.64. The van der Waals surface area contributed by atoms with Crippen LogP contribution in [0.3, 0.4) is 0 Å². The van der Waals surface area contributed by atoms with E-state index in [-0.39, 0.29) is 11.2 Å². The number of ketones is 1. The second kappa shape index (κ2) is 4.01. The summed E-state index contributed by atoms with van der Waals surface area (Å²) in [5.41, 5.74) is 2.56. The molecule has 1 aromatic carbocycles. The molecule has 0 amide bonds. The summed E-state index contributed by atoms with van der Waals surface area (Å²) in [5, 5.41) is 0. The minimum Gasteiger partial charge on any atom is -0.294 e. The average Bonchev–Trinajstić information content (AvgIpc) is 2.15. The predicted octanol–water partition coefficient (Wildman–Crippen LogP) is 3.95. The molecule has 80 valence electrons. The molecular weight excluding hydrogens is 184 g/mol. The molecule has 0 heterocycles. The molecule has 0 aliphatic carbocycles. The van der Waals surface area contributed by atoms with E-state index in [2.05, 4.69) is 6.58 Å². The first-order chi connectivity index (χ1) is 6.82. The van der Waals surface area contributed by atoms with E-state index in [9.17, 15) is 4.79 Å². The maximum atomic E-state index is 11.9. The molecule has 0 unspecified atom stereocenters. The van der Waals surface area contributed by atoms with Gasteiger partial charge in [-0.1, -0.05) is 57.2 Å². The number of hydrogen-bond acceptors (Lipinski definition) is 1. The molecule has 1 heteroatoms. The molecule has 0 fully saturated rings. The topological polar surface area (TPSA) is 17.1 Å². The molecular formula is C14H18O. The molecule has 1 aromatic rings. The lowest BCUT2D eigenvalue weighted by atomic mass is 9.86. The van der Waals surface area contributed by atoms with Crippen LogP contribution in [0.4, 0.5) is 0 Å². The fraction of sp³-hybridized carbons (Fsp3) is 0.357. The quantitative estimate of drug-likeness (QED) is 0.664. The summed E-state index contributed by atoms with van der Waals surface area (Å²) in [6.45, 7) is 11.6. The van der Waals surface area contributed by atoms with Gasteiger partial charge in [-0.15, -0.1) is 0 Å². The molecule has 0 atom stereocenters. The molecule has 0 saturated carbocycles. The molecule has 0 aliphatic rings. The second-order valence-corrected chi connectivity index (χ2v) is 4.94. The van der Waals surface area contributed by atoms with Gasteiger partial charge in [-0.05, 0) is 12.5 Å². The number of benzene rings is 1. The van der Waals surface area contributed by atoms with Crippen molar-refractivity contribution in [1.29, 1.82) is 0 Å². The summed E-state index contributed by atoms with van der Waals surface area (Å²) in [4.78, 5) is 11.9. The van der Waals surface area contributed by atoms with Crippen molar-refractivity contribution in [2.75, 3.05) is 0 Å². The number of carbonyl (C=O) groups excluding carboxylic acids is 1. The summed E-state index contributed by atoms with van der Waals surface area (Å²) in [5.74, 6) is 0.177. The summed E-state index contributed by atoms with van der Waals surface area (Å²) >= 11 is 0. The van der Waals surface area contributed by atoms with Crippen molar-refractivity contribution in [3.63, 3.8) is 0 Å². The highest BCUT2D eigenvalue weighted by Gasteiger charge is 2.22. The van der Waals surface area contributed by atoms with Crippen molar-refractivity contribution in [2.24, 2.45) is 5.41 Å². The molecule has 0 saturated heterocycles. The van der Waals surface area contributed by atoms with Gasteiger partial charge < -0.3 is 0 Å². The third-order valence-electron chi connectivity index (χ3n) is 2.32. The van der Waals surface area contributed by atoms with E-state index in [1.807, 2.05) is 52.0 Å². The van der Waals surface area contributed by atoms with Gasteiger partial charge in [0.05, 0.1) is 0 Å². The van der Waals surface area contributed by atoms with Crippen molar-refractivity contribution in [1.82, 2.24) is 0 Å². The molecule has 0 aliphatic heterocycles. The van der Waals surface area contributed by atoms with E-state index in [0.717, 1.165) is 16.7 Å². The lowest BCUT2D eigenvalue weighted by Gasteiger charge is -2.16. The van der Waals surface area contributed by atoms with Gasteiger partial charge >= 0.3 is 0 Å². The van der Waals surface area contributed by atoms with Crippen LogP contribution in [-0.4, -0.2) is 5.78 Å². The Balaban J connectivity index is 3.00. The first-order valence-corrected chi connectivity index (χ1v) is 5.13. The largest absolute Gasteiger partial charge is 0.294 e. The molecule has 0 radical (unpaired) electrons. The first kappa shape index (κ1) is 11.7. The summed E-state index contributed by atoms with van der Waals surface area (Å²) in [7, 11) is 0. The van der Waals surface area contributed by atoms with E-state index in [1.165, 1.54) is 0 Å². The highest BCUT2D eigenvalue weighted by molar-refractivity contribution is 5.99. The van der Waals surface area contributed by atoms with Crippen LogP contribution in [0.1, 0.15) is 43.6 Å². The first-order valence-electron chi connectivity index (χ1n) is 5.13. The lowest BCUT2D eigenvalue weighted by molar-refractivity contribution is 0.0858. The van der Waals surface area contributed by atoms with Crippen LogP contribution in [0.2, 0.25) is 0 Å². The van der Waals surface area contributed by atoms with Crippen molar-refractivity contribution >= 4 is 11.4 Å². The maximum Gasteiger partial charge on any atom is 0.168 e. The normalized spacial score (nSPS) is 11.2. The number of carbonyl (C=O) groups is 1. The van der Waals surface area contributed by atoms with Crippen molar-refractivity contribution in [2.45, 2.75) is 27.7 Å². The summed E-state index contributed by atoms with van der Waals surface area (Å²) in [6.07, 6.45) is 0. The molecule has 1 nitrogen and oxygen atoms in total. The zero-order chi connectivity index (χ0) is 11.6. The van der Waals surface area contributed by atoms with Gasteiger partial charge in [-0.3, -0.25) is 4.79 Å². The van der Waals surface area contributed by atoms with Crippen LogP contribution < -0.4 is 0 Å².